The summed E-state index contributed by atoms with van der Waals surface area (Å²) in [6.45, 7) is 1.77. The molecule has 0 radical (unpaired) electrons. The lowest BCUT2D eigenvalue weighted by atomic mass is 10.2. The minimum Gasteiger partial charge on any atom is -0.329 e. The van der Waals surface area contributed by atoms with Crippen LogP contribution in [-0.4, -0.2) is 36.5 Å². The average Bonchev–Trinajstić information content (AvgIpc) is 2.82. The topological polar surface area (TPSA) is 64.0 Å². The Morgan fingerprint density at radius 1 is 1.25 bits per heavy atom. The van der Waals surface area contributed by atoms with Crippen molar-refractivity contribution < 1.29 is 8.42 Å². The van der Waals surface area contributed by atoms with Gasteiger partial charge < -0.3 is 9.88 Å². The quantitative estimate of drug-likeness (QED) is 0.776. The lowest BCUT2D eigenvalue weighted by Crippen LogP contribution is -2.23. The zero-order chi connectivity index (χ0) is 14.4. The van der Waals surface area contributed by atoms with Crippen molar-refractivity contribution in [2.24, 2.45) is 0 Å². The van der Waals surface area contributed by atoms with Gasteiger partial charge in [0.1, 0.15) is 15.7 Å². The first-order chi connectivity index (χ1) is 9.54. The Morgan fingerprint density at radius 2 is 2.00 bits per heavy atom. The number of benzene rings is 1. The molecule has 0 aliphatic carbocycles. The Hall–Kier alpha value is -1.66. The van der Waals surface area contributed by atoms with Gasteiger partial charge in [0.25, 0.3) is 0 Å². The van der Waals surface area contributed by atoms with Crippen molar-refractivity contribution in [2.75, 3.05) is 18.6 Å². The summed E-state index contributed by atoms with van der Waals surface area (Å²) in [6, 6.07) is 10.2. The molecular weight excluding hydrogens is 274 g/mol. The highest BCUT2D eigenvalue weighted by molar-refractivity contribution is 7.90. The van der Waals surface area contributed by atoms with Gasteiger partial charge in [-0.25, -0.2) is 13.4 Å². The molecule has 0 bridgehead atoms. The van der Waals surface area contributed by atoms with E-state index in [1.165, 1.54) is 11.8 Å². The molecule has 0 aliphatic heterocycles. The predicted octanol–water partition coefficient (Wildman–Crippen LogP) is 1.07. The van der Waals surface area contributed by atoms with E-state index in [0.29, 0.717) is 13.1 Å². The molecule has 0 unspecified atom stereocenters. The zero-order valence-corrected chi connectivity index (χ0v) is 12.3. The van der Waals surface area contributed by atoms with E-state index < -0.39 is 9.84 Å². The van der Waals surface area contributed by atoms with Gasteiger partial charge in [0.15, 0.2) is 0 Å². The minimum absolute atomic E-state index is 0.145. The largest absolute Gasteiger partial charge is 0.329 e. The standard InChI is InChI=1S/C14H19N3O2S/c1-20(18,19)10-8-15-11-14-16-7-9-17(14)12-13-5-3-2-4-6-13/h2-7,9,15H,8,10-12H2,1H3. The van der Waals surface area contributed by atoms with Gasteiger partial charge in [0.2, 0.25) is 0 Å². The predicted molar refractivity (Wildman–Crippen MR) is 79.2 cm³/mol. The van der Waals surface area contributed by atoms with E-state index in [1.54, 1.807) is 6.20 Å². The number of hydrogen-bond acceptors (Lipinski definition) is 4. The van der Waals surface area contributed by atoms with E-state index in [1.807, 2.05) is 24.4 Å². The van der Waals surface area contributed by atoms with Crippen LogP contribution in [0.15, 0.2) is 42.7 Å². The fraction of sp³-hybridized carbons (Fsp3) is 0.357. The van der Waals surface area contributed by atoms with Crippen molar-refractivity contribution in [3.8, 4) is 0 Å². The number of nitrogens with zero attached hydrogens (tertiary/aromatic N) is 2. The van der Waals surface area contributed by atoms with E-state index in [2.05, 4.69) is 27.0 Å². The third kappa shape index (κ3) is 4.79. The molecule has 0 spiro atoms. The molecule has 20 heavy (non-hydrogen) atoms. The Morgan fingerprint density at radius 3 is 2.70 bits per heavy atom. The van der Waals surface area contributed by atoms with Gasteiger partial charge in [0, 0.05) is 31.7 Å². The van der Waals surface area contributed by atoms with Crippen LogP contribution in [0.5, 0.6) is 0 Å². The number of aromatic nitrogens is 2. The van der Waals surface area contributed by atoms with Gasteiger partial charge >= 0.3 is 0 Å². The smallest absolute Gasteiger partial charge is 0.148 e. The van der Waals surface area contributed by atoms with Crippen molar-refractivity contribution in [1.29, 1.82) is 0 Å². The molecule has 1 N–H and O–H groups in total. The van der Waals surface area contributed by atoms with Gasteiger partial charge in [-0.05, 0) is 5.56 Å². The highest BCUT2D eigenvalue weighted by atomic mass is 32.2. The van der Waals surface area contributed by atoms with Gasteiger partial charge in [-0.15, -0.1) is 0 Å². The fourth-order valence-corrected chi connectivity index (χ4v) is 2.40. The molecule has 0 saturated carbocycles. The molecule has 2 aromatic rings. The summed E-state index contributed by atoms with van der Waals surface area (Å²) in [5.74, 6) is 1.05. The van der Waals surface area contributed by atoms with Crippen molar-refractivity contribution in [2.45, 2.75) is 13.1 Å². The highest BCUT2D eigenvalue weighted by Gasteiger charge is 2.05. The molecule has 0 saturated heterocycles. The van der Waals surface area contributed by atoms with Crippen LogP contribution in [0.3, 0.4) is 0 Å². The van der Waals surface area contributed by atoms with E-state index >= 15 is 0 Å². The zero-order valence-electron chi connectivity index (χ0n) is 11.5. The number of nitrogens with one attached hydrogen (secondary N) is 1. The van der Waals surface area contributed by atoms with E-state index in [0.717, 1.165) is 12.4 Å². The monoisotopic (exact) mass is 293 g/mol. The van der Waals surface area contributed by atoms with Gasteiger partial charge in [-0.3, -0.25) is 0 Å². The maximum absolute atomic E-state index is 11.0. The number of hydrogen-bond donors (Lipinski definition) is 1. The third-order valence-electron chi connectivity index (χ3n) is 2.93. The second kappa shape index (κ2) is 6.67. The number of imidazole rings is 1. The second-order valence-electron chi connectivity index (χ2n) is 4.76. The van der Waals surface area contributed by atoms with Crippen molar-refractivity contribution in [3.05, 3.63) is 54.1 Å². The third-order valence-corrected chi connectivity index (χ3v) is 3.88. The highest BCUT2D eigenvalue weighted by Crippen LogP contribution is 2.05. The molecule has 1 aromatic heterocycles. The molecule has 0 aliphatic rings. The first kappa shape index (κ1) is 14.7. The Bertz CT molecular complexity index is 635. The van der Waals surface area contributed by atoms with Crippen LogP contribution in [0.1, 0.15) is 11.4 Å². The lowest BCUT2D eigenvalue weighted by molar-refractivity contribution is 0.591. The first-order valence-electron chi connectivity index (χ1n) is 6.47. The van der Waals surface area contributed by atoms with Crippen molar-refractivity contribution >= 4 is 9.84 Å². The molecule has 5 nitrogen and oxygen atoms in total. The van der Waals surface area contributed by atoms with E-state index in [4.69, 9.17) is 0 Å². The normalized spacial score (nSPS) is 11.7. The van der Waals surface area contributed by atoms with Crippen molar-refractivity contribution in [3.63, 3.8) is 0 Å². The van der Waals surface area contributed by atoms with Crippen LogP contribution in [-0.2, 0) is 22.9 Å². The maximum Gasteiger partial charge on any atom is 0.148 e. The molecule has 0 fully saturated rings. The van der Waals surface area contributed by atoms with Gasteiger partial charge in [-0.1, -0.05) is 30.3 Å². The summed E-state index contributed by atoms with van der Waals surface area (Å²) in [7, 11) is -2.91. The molecule has 0 atom stereocenters. The summed E-state index contributed by atoms with van der Waals surface area (Å²) in [4.78, 5) is 4.30. The van der Waals surface area contributed by atoms with E-state index in [-0.39, 0.29) is 5.75 Å². The molecule has 6 heteroatoms. The Balaban J connectivity index is 1.89. The molecule has 108 valence electrons. The second-order valence-corrected chi connectivity index (χ2v) is 7.02. The average molecular weight is 293 g/mol. The van der Waals surface area contributed by atoms with Crippen LogP contribution in [0.2, 0.25) is 0 Å². The summed E-state index contributed by atoms with van der Waals surface area (Å²) < 4.78 is 24.1. The molecule has 1 aromatic carbocycles. The van der Waals surface area contributed by atoms with E-state index in [9.17, 15) is 8.42 Å². The Kier molecular flexibility index (Phi) is 4.92. The first-order valence-corrected chi connectivity index (χ1v) is 8.53. The van der Waals surface area contributed by atoms with Crippen LogP contribution >= 0.6 is 0 Å². The van der Waals surface area contributed by atoms with Crippen LogP contribution in [0.4, 0.5) is 0 Å². The molecule has 2 rings (SSSR count). The lowest BCUT2D eigenvalue weighted by Gasteiger charge is -2.09. The molecule has 1 heterocycles. The Labute approximate surface area is 119 Å². The SMILES string of the molecule is CS(=O)(=O)CCNCc1nccn1Cc1ccccc1. The van der Waals surface area contributed by atoms with Crippen molar-refractivity contribution in [1.82, 2.24) is 14.9 Å². The summed E-state index contributed by atoms with van der Waals surface area (Å²) in [6.07, 6.45) is 4.93. The van der Waals surface area contributed by atoms with Crippen LogP contribution in [0.25, 0.3) is 0 Å². The number of rotatable bonds is 7. The van der Waals surface area contributed by atoms with Crippen LogP contribution < -0.4 is 5.32 Å². The minimum atomic E-state index is -2.91. The van der Waals surface area contributed by atoms with Crippen LogP contribution in [0, 0.1) is 0 Å². The molecule has 0 amide bonds. The van der Waals surface area contributed by atoms with Gasteiger partial charge in [-0.2, -0.15) is 0 Å². The fourth-order valence-electron chi connectivity index (χ4n) is 1.89. The summed E-state index contributed by atoms with van der Waals surface area (Å²) in [5, 5.41) is 3.11. The maximum atomic E-state index is 11.0. The summed E-state index contributed by atoms with van der Waals surface area (Å²) >= 11 is 0. The van der Waals surface area contributed by atoms with Gasteiger partial charge in [0.05, 0.1) is 12.3 Å². The molecular formula is C14H19N3O2S. The number of sulfone groups is 1. The summed E-state index contributed by atoms with van der Waals surface area (Å²) in [5.41, 5.74) is 1.21.